The topological polar surface area (TPSA) is 26.0 Å². The molecule has 0 spiro atoms. The maximum Gasteiger partial charge on any atom is 0 e. The summed E-state index contributed by atoms with van der Waals surface area (Å²) in [6, 6.07) is 0.333. The minimum absolute atomic E-state index is 0. The molecule has 0 aliphatic rings. The molecule has 0 aromatic carbocycles. The minimum Gasteiger partial charge on any atom is -0.328 e. The average Bonchev–Trinajstić information content (AvgIpc) is 0.811. The van der Waals surface area contributed by atoms with Crippen molar-refractivity contribution in [1.82, 2.24) is 0 Å². The van der Waals surface area contributed by atoms with Crippen LogP contribution in [0.4, 0.5) is 0 Å². The van der Waals surface area contributed by atoms with Gasteiger partial charge in [0.25, 0.3) is 0 Å². The first-order chi connectivity index (χ1) is 1.73. The van der Waals surface area contributed by atoms with E-state index in [4.69, 9.17) is 5.73 Å². The predicted octanol–water partition coefficient (Wildman–Crippen LogP) is 0.354. The molecule has 0 aliphatic heterocycles. The van der Waals surface area contributed by atoms with Crippen LogP contribution in [0.2, 0.25) is 0 Å². The molecule has 2 N–H and O–H groups in total. The zero-order valence-electron chi connectivity index (χ0n) is 3.51. The summed E-state index contributed by atoms with van der Waals surface area (Å²) in [4.78, 5) is 0. The molecule has 0 unspecified atom stereocenters. The fourth-order valence-corrected chi connectivity index (χ4v) is 0. The van der Waals surface area contributed by atoms with Crippen LogP contribution in [0.3, 0.4) is 0 Å². The van der Waals surface area contributed by atoms with Crippen molar-refractivity contribution in [3.63, 3.8) is 0 Å². The van der Waals surface area contributed by atoms with E-state index >= 15 is 0 Å². The van der Waals surface area contributed by atoms with Crippen molar-refractivity contribution in [3.8, 4) is 0 Å². The Morgan fingerprint density at radius 3 is 1.40 bits per heavy atom. The van der Waals surface area contributed by atoms with Crippen LogP contribution in [0.25, 0.3) is 0 Å². The smallest absolute Gasteiger partial charge is 0 e. The van der Waals surface area contributed by atoms with Crippen LogP contribution < -0.4 is 5.73 Å². The van der Waals surface area contributed by atoms with Gasteiger partial charge in [-0.25, -0.2) is 0 Å². The first kappa shape index (κ1) is 9.52. The number of hydrogen-bond donors (Lipinski definition) is 1. The van der Waals surface area contributed by atoms with Gasteiger partial charge < -0.3 is 5.73 Å². The van der Waals surface area contributed by atoms with E-state index in [1.807, 2.05) is 13.8 Å². The molecule has 5 heavy (non-hydrogen) atoms. The van der Waals surface area contributed by atoms with Crippen molar-refractivity contribution in [2.45, 2.75) is 19.9 Å². The van der Waals surface area contributed by atoms with Crippen LogP contribution in [0.5, 0.6) is 0 Å². The molecular formula is C3H9ArN. The molecular weight excluding hydrogens is 90.0 g/mol. The van der Waals surface area contributed by atoms with E-state index in [1.54, 1.807) is 0 Å². The SMILES string of the molecule is CC(C)N.[Ar]. The number of rotatable bonds is 0. The van der Waals surface area contributed by atoms with Gasteiger partial charge in [0.1, 0.15) is 0 Å². The Bertz CT molecular complexity index is 11.6. The van der Waals surface area contributed by atoms with Crippen LogP contribution in [-0.2, 0) is 0 Å². The maximum absolute atomic E-state index is 5.11. The van der Waals surface area contributed by atoms with Crippen molar-refractivity contribution in [2.24, 2.45) is 5.73 Å². The molecule has 0 bridgehead atoms. The molecule has 2 heteroatoms. The van der Waals surface area contributed by atoms with E-state index in [0.717, 1.165) is 0 Å². The summed E-state index contributed by atoms with van der Waals surface area (Å²) in [6.45, 7) is 3.89. The monoisotopic (exact) mass is 99.0 g/mol. The number of nitrogens with two attached hydrogens (primary N) is 1. The average molecular weight is 99.1 g/mol. The second kappa shape index (κ2) is 5.22. The molecule has 0 heterocycles. The summed E-state index contributed by atoms with van der Waals surface area (Å²) in [5.74, 6) is 0. The van der Waals surface area contributed by atoms with Crippen LogP contribution in [-0.4, -0.2) is 6.04 Å². The summed E-state index contributed by atoms with van der Waals surface area (Å²) >= 11 is 0. The van der Waals surface area contributed by atoms with E-state index in [1.165, 1.54) is 0 Å². The van der Waals surface area contributed by atoms with E-state index in [9.17, 15) is 0 Å². The van der Waals surface area contributed by atoms with Gasteiger partial charge in [-0.05, 0) is 6.04 Å². The summed E-state index contributed by atoms with van der Waals surface area (Å²) in [6.07, 6.45) is 0. The maximum atomic E-state index is 5.11. The second-order valence-corrected chi connectivity index (χ2v) is 1.24. The standard InChI is InChI=1S/C3H9N.Ar/c1-3(2)4;/h3H,4H2,1-2H3;. The molecule has 1 nitrogen and oxygen atoms in total. The first-order valence-electron chi connectivity index (χ1n) is 1.49. The fourth-order valence-electron chi connectivity index (χ4n) is 0. The predicted molar refractivity (Wildman–Crippen MR) is 19.3 cm³/mol. The molecule has 0 radical (unpaired) electrons. The molecule has 0 atom stereocenters. The van der Waals surface area contributed by atoms with Gasteiger partial charge in [0, 0.05) is 37.7 Å². The molecule has 0 saturated carbocycles. The summed E-state index contributed by atoms with van der Waals surface area (Å²) in [5.41, 5.74) is 5.11. The van der Waals surface area contributed by atoms with E-state index in [2.05, 4.69) is 0 Å². The van der Waals surface area contributed by atoms with Gasteiger partial charge in [0.05, 0.1) is 0 Å². The zero-order valence-corrected chi connectivity index (χ0v) is 4.22. The van der Waals surface area contributed by atoms with Gasteiger partial charge in [0.2, 0.25) is 0 Å². The van der Waals surface area contributed by atoms with Crippen molar-refractivity contribution in [2.75, 3.05) is 0 Å². The molecule has 0 aromatic heterocycles. The van der Waals surface area contributed by atoms with E-state index in [0.29, 0.717) is 6.04 Å². The third kappa shape index (κ3) is 36.4. The molecule has 0 saturated heterocycles. The Hall–Kier alpha value is 1.22. The molecule has 0 rings (SSSR count). The van der Waals surface area contributed by atoms with Gasteiger partial charge in [-0.1, -0.05) is 13.8 Å². The van der Waals surface area contributed by atoms with Gasteiger partial charge in [-0.2, -0.15) is 0 Å². The van der Waals surface area contributed by atoms with Crippen molar-refractivity contribution >= 4 is 0 Å². The Kier molecular flexibility index (Phi) is 9.94. The molecule has 0 aromatic rings. The molecule has 0 aliphatic carbocycles. The first-order valence-corrected chi connectivity index (χ1v) is 1.49. The largest absolute Gasteiger partial charge is 0.328 e. The van der Waals surface area contributed by atoms with Crippen LogP contribution >= 0.6 is 0 Å². The van der Waals surface area contributed by atoms with Gasteiger partial charge in [0.15, 0.2) is 0 Å². The number of hydrogen-bond acceptors (Lipinski definition) is 1. The van der Waals surface area contributed by atoms with Crippen LogP contribution in [0.15, 0.2) is 0 Å². The Labute approximate surface area is 62.9 Å². The summed E-state index contributed by atoms with van der Waals surface area (Å²) < 4.78 is 0. The van der Waals surface area contributed by atoms with Gasteiger partial charge in [-0.3, -0.25) is 0 Å². The van der Waals surface area contributed by atoms with Crippen LogP contribution in [0, 0.1) is 37.7 Å². The quantitative estimate of drug-likeness (QED) is 0.466. The third-order valence-electron chi connectivity index (χ3n) is 0. The Morgan fingerprint density at radius 2 is 1.40 bits per heavy atom. The molecule has 0 fully saturated rings. The van der Waals surface area contributed by atoms with Gasteiger partial charge in [-0.15, -0.1) is 0 Å². The Balaban J connectivity index is 0. The minimum atomic E-state index is 0. The van der Waals surface area contributed by atoms with Crippen molar-refractivity contribution in [1.29, 1.82) is 0 Å². The normalized spacial score (nSPS) is 7.20. The van der Waals surface area contributed by atoms with Crippen molar-refractivity contribution in [3.05, 3.63) is 0 Å². The summed E-state index contributed by atoms with van der Waals surface area (Å²) in [5, 5.41) is 0. The zero-order chi connectivity index (χ0) is 3.58. The molecule has 0 amide bonds. The summed E-state index contributed by atoms with van der Waals surface area (Å²) in [7, 11) is 0. The van der Waals surface area contributed by atoms with Crippen LogP contribution in [0.1, 0.15) is 13.8 Å². The Morgan fingerprint density at radius 1 is 1.40 bits per heavy atom. The van der Waals surface area contributed by atoms with Crippen molar-refractivity contribution < 1.29 is 37.7 Å². The van der Waals surface area contributed by atoms with E-state index in [-0.39, 0.29) is 37.7 Å². The van der Waals surface area contributed by atoms with E-state index < -0.39 is 0 Å². The third-order valence-corrected chi connectivity index (χ3v) is 0. The van der Waals surface area contributed by atoms with Gasteiger partial charge >= 0.3 is 0 Å². The second-order valence-electron chi connectivity index (χ2n) is 1.24. The molecule has 34 valence electrons. The fraction of sp³-hybridized carbons (Fsp3) is 1.00.